The maximum absolute atomic E-state index is 13.1. The van der Waals surface area contributed by atoms with E-state index in [4.69, 9.17) is 0 Å². The first kappa shape index (κ1) is 15.0. The van der Waals surface area contributed by atoms with Gasteiger partial charge in [-0.05, 0) is 23.8 Å². The molecule has 2 aromatic rings. The Balaban J connectivity index is 2.07. The van der Waals surface area contributed by atoms with Gasteiger partial charge in [-0.2, -0.15) is 4.39 Å². The highest BCUT2D eigenvalue weighted by atomic mass is 19.1. The second-order valence-electron chi connectivity index (χ2n) is 5.09. The highest BCUT2D eigenvalue weighted by Crippen LogP contribution is 2.14. The highest BCUT2D eigenvalue weighted by Gasteiger charge is 2.13. The molecule has 1 heterocycles. The number of hydrogen-bond acceptors (Lipinski definition) is 3. The molecule has 0 bridgehead atoms. The largest absolute Gasteiger partial charge is 0.378 e. The van der Waals surface area contributed by atoms with Crippen molar-refractivity contribution < 1.29 is 9.18 Å². The third-order valence-electron chi connectivity index (χ3n) is 3.19. The molecule has 0 saturated carbocycles. The van der Waals surface area contributed by atoms with Gasteiger partial charge in [-0.1, -0.05) is 12.1 Å². The first-order chi connectivity index (χ1) is 9.97. The predicted octanol–water partition coefficient (Wildman–Crippen LogP) is 2.56. The second-order valence-corrected chi connectivity index (χ2v) is 5.09. The summed E-state index contributed by atoms with van der Waals surface area (Å²) in [5, 5.41) is 0. The van der Waals surface area contributed by atoms with Crippen LogP contribution in [0.5, 0.6) is 0 Å². The number of halogens is 1. The molecule has 0 atom stereocenters. The molecule has 0 unspecified atom stereocenters. The lowest BCUT2D eigenvalue weighted by molar-refractivity contribution is 0.0784. The van der Waals surface area contributed by atoms with Gasteiger partial charge in [-0.15, -0.1) is 0 Å². The molecule has 0 aliphatic carbocycles. The van der Waals surface area contributed by atoms with Gasteiger partial charge in [0, 0.05) is 51.2 Å². The first-order valence-corrected chi connectivity index (χ1v) is 6.60. The Bertz CT molecular complexity index is 626. The topological polar surface area (TPSA) is 36.4 Å². The summed E-state index contributed by atoms with van der Waals surface area (Å²) < 4.78 is 13.1. The van der Waals surface area contributed by atoms with Crippen molar-refractivity contribution in [3.63, 3.8) is 0 Å². The van der Waals surface area contributed by atoms with Crippen molar-refractivity contribution in [1.29, 1.82) is 0 Å². The number of benzene rings is 1. The maximum Gasteiger partial charge on any atom is 0.254 e. The van der Waals surface area contributed by atoms with Crippen molar-refractivity contribution in [2.24, 2.45) is 0 Å². The summed E-state index contributed by atoms with van der Waals surface area (Å²) in [5.41, 5.74) is 2.42. The molecule has 0 radical (unpaired) electrons. The molecule has 0 N–H and O–H groups in total. The van der Waals surface area contributed by atoms with E-state index in [1.165, 1.54) is 12.3 Å². The van der Waals surface area contributed by atoms with Gasteiger partial charge in [0.2, 0.25) is 5.95 Å². The van der Waals surface area contributed by atoms with Crippen LogP contribution in [0.2, 0.25) is 0 Å². The minimum atomic E-state index is -0.649. The first-order valence-electron chi connectivity index (χ1n) is 6.60. The van der Waals surface area contributed by atoms with E-state index in [2.05, 4.69) is 4.98 Å². The number of pyridine rings is 1. The molecular formula is C16H18FN3O. The number of anilines is 1. The van der Waals surface area contributed by atoms with Crippen molar-refractivity contribution >= 4 is 11.6 Å². The Morgan fingerprint density at radius 3 is 2.38 bits per heavy atom. The fourth-order valence-electron chi connectivity index (χ4n) is 2.00. The normalized spacial score (nSPS) is 10.3. The zero-order chi connectivity index (χ0) is 15.4. The van der Waals surface area contributed by atoms with Crippen molar-refractivity contribution in [3.05, 3.63) is 59.7 Å². The number of nitrogens with zero attached hydrogens (tertiary/aromatic N) is 3. The Morgan fingerprint density at radius 2 is 1.81 bits per heavy atom. The maximum atomic E-state index is 13.1. The van der Waals surface area contributed by atoms with Gasteiger partial charge in [0.25, 0.3) is 5.91 Å². The Morgan fingerprint density at radius 1 is 1.14 bits per heavy atom. The van der Waals surface area contributed by atoms with Gasteiger partial charge < -0.3 is 9.80 Å². The molecule has 0 spiro atoms. The van der Waals surface area contributed by atoms with Crippen molar-refractivity contribution in [2.75, 3.05) is 26.0 Å². The predicted molar refractivity (Wildman–Crippen MR) is 80.8 cm³/mol. The highest BCUT2D eigenvalue weighted by molar-refractivity contribution is 5.93. The molecular weight excluding hydrogens is 269 g/mol. The Hall–Kier alpha value is -2.43. The molecule has 2 rings (SSSR count). The molecule has 5 heteroatoms. The van der Waals surface area contributed by atoms with Crippen LogP contribution in [0.25, 0.3) is 0 Å². The molecule has 0 fully saturated rings. The van der Waals surface area contributed by atoms with Crippen molar-refractivity contribution in [3.8, 4) is 0 Å². The van der Waals surface area contributed by atoms with Crippen LogP contribution in [-0.4, -0.2) is 36.9 Å². The number of hydrogen-bond donors (Lipinski definition) is 0. The Kier molecular flexibility index (Phi) is 4.52. The van der Waals surface area contributed by atoms with Crippen LogP contribution >= 0.6 is 0 Å². The van der Waals surface area contributed by atoms with Crippen LogP contribution in [0, 0.1) is 5.95 Å². The van der Waals surface area contributed by atoms with E-state index in [0.29, 0.717) is 12.1 Å². The monoisotopic (exact) mass is 287 g/mol. The molecule has 4 nitrogen and oxygen atoms in total. The molecule has 1 amide bonds. The van der Waals surface area contributed by atoms with E-state index < -0.39 is 5.95 Å². The minimum Gasteiger partial charge on any atom is -0.378 e. The summed E-state index contributed by atoms with van der Waals surface area (Å²) in [6.45, 7) is 0.469. The zero-order valence-corrected chi connectivity index (χ0v) is 12.4. The molecule has 1 aromatic carbocycles. The van der Waals surface area contributed by atoms with E-state index in [-0.39, 0.29) is 5.91 Å². The van der Waals surface area contributed by atoms with Gasteiger partial charge in [-0.3, -0.25) is 4.79 Å². The van der Waals surface area contributed by atoms with Gasteiger partial charge in [0.15, 0.2) is 0 Å². The molecule has 110 valence electrons. The average molecular weight is 287 g/mol. The number of amides is 1. The van der Waals surface area contributed by atoms with Crippen LogP contribution < -0.4 is 4.90 Å². The molecule has 21 heavy (non-hydrogen) atoms. The minimum absolute atomic E-state index is 0.229. The average Bonchev–Trinajstić information content (AvgIpc) is 2.47. The number of carbonyl (C=O) groups is 1. The van der Waals surface area contributed by atoms with Crippen LogP contribution in [0.15, 0.2) is 42.6 Å². The fraction of sp³-hybridized carbons (Fsp3) is 0.250. The number of rotatable bonds is 4. The van der Waals surface area contributed by atoms with E-state index in [1.807, 2.05) is 43.3 Å². The van der Waals surface area contributed by atoms with E-state index in [9.17, 15) is 9.18 Å². The summed E-state index contributed by atoms with van der Waals surface area (Å²) in [4.78, 5) is 19.2. The van der Waals surface area contributed by atoms with Crippen LogP contribution in [-0.2, 0) is 6.54 Å². The van der Waals surface area contributed by atoms with Gasteiger partial charge >= 0.3 is 0 Å². The lowest BCUT2D eigenvalue weighted by Crippen LogP contribution is -2.26. The fourth-order valence-corrected chi connectivity index (χ4v) is 2.00. The summed E-state index contributed by atoms with van der Waals surface area (Å²) >= 11 is 0. The lowest BCUT2D eigenvalue weighted by atomic mass is 10.1. The molecule has 0 aliphatic heterocycles. The SMILES string of the molecule is CN(Cc1ccc(N(C)C)cc1)C(=O)c1ccnc(F)c1. The Labute approximate surface area is 123 Å². The standard InChI is InChI=1S/C16H18FN3O/c1-19(2)14-6-4-12(5-7-14)11-20(3)16(21)13-8-9-18-15(17)10-13/h4-10H,11H2,1-3H3. The second kappa shape index (κ2) is 6.35. The van der Waals surface area contributed by atoms with Crippen LogP contribution in [0.3, 0.4) is 0 Å². The lowest BCUT2D eigenvalue weighted by Gasteiger charge is -2.18. The van der Waals surface area contributed by atoms with E-state index in [0.717, 1.165) is 17.3 Å². The molecule has 0 saturated heterocycles. The van der Waals surface area contributed by atoms with Crippen LogP contribution in [0.1, 0.15) is 15.9 Å². The van der Waals surface area contributed by atoms with E-state index >= 15 is 0 Å². The zero-order valence-electron chi connectivity index (χ0n) is 12.4. The third kappa shape index (κ3) is 3.78. The molecule has 1 aromatic heterocycles. The summed E-state index contributed by atoms with van der Waals surface area (Å²) in [7, 11) is 5.64. The number of aromatic nitrogens is 1. The third-order valence-corrected chi connectivity index (χ3v) is 3.19. The van der Waals surface area contributed by atoms with Crippen molar-refractivity contribution in [2.45, 2.75) is 6.54 Å². The summed E-state index contributed by atoms with van der Waals surface area (Å²) in [6, 6.07) is 10.6. The van der Waals surface area contributed by atoms with Crippen molar-refractivity contribution in [1.82, 2.24) is 9.88 Å². The quantitative estimate of drug-likeness (QED) is 0.811. The van der Waals surface area contributed by atoms with E-state index in [1.54, 1.807) is 11.9 Å². The molecule has 0 aliphatic rings. The van der Waals surface area contributed by atoms with Gasteiger partial charge in [0.05, 0.1) is 0 Å². The smallest absolute Gasteiger partial charge is 0.254 e. The summed E-state index contributed by atoms with van der Waals surface area (Å²) in [6.07, 6.45) is 1.29. The van der Waals surface area contributed by atoms with Crippen LogP contribution in [0.4, 0.5) is 10.1 Å². The summed E-state index contributed by atoms with van der Waals surface area (Å²) in [5.74, 6) is -0.877. The van der Waals surface area contributed by atoms with Gasteiger partial charge in [-0.25, -0.2) is 4.98 Å². The number of carbonyl (C=O) groups excluding carboxylic acids is 1. The van der Waals surface area contributed by atoms with Gasteiger partial charge in [0.1, 0.15) is 0 Å².